The van der Waals surface area contributed by atoms with Crippen molar-refractivity contribution >= 4 is 17.5 Å². The van der Waals surface area contributed by atoms with Crippen molar-refractivity contribution < 1.29 is 27.5 Å². The largest absolute Gasteiger partial charge is 0.573 e. The van der Waals surface area contributed by atoms with Gasteiger partial charge in [0.15, 0.2) is 0 Å². The van der Waals surface area contributed by atoms with Crippen LogP contribution in [0.5, 0.6) is 5.75 Å². The quantitative estimate of drug-likeness (QED) is 0.889. The van der Waals surface area contributed by atoms with Crippen molar-refractivity contribution in [2.24, 2.45) is 0 Å². The van der Waals surface area contributed by atoms with E-state index in [1.165, 1.54) is 37.8 Å². The van der Waals surface area contributed by atoms with Gasteiger partial charge in [0, 0.05) is 25.1 Å². The van der Waals surface area contributed by atoms with Crippen molar-refractivity contribution in [2.75, 3.05) is 18.9 Å². The zero-order valence-electron chi connectivity index (χ0n) is 12.9. The van der Waals surface area contributed by atoms with Gasteiger partial charge in [0.05, 0.1) is 12.7 Å². The minimum absolute atomic E-state index is 0.0893. The lowest BCUT2D eigenvalue weighted by atomic mass is 10.3. The molecule has 10 heteroatoms. The number of rotatable bonds is 5. The van der Waals surface area contributed by atoms with Crippen LogP contribution in [-0.2, 0) is 4.79 Å². The molecule has 1 N–H and O–H groups in total. The number of anilines is 1. The average Bonchev–Trinajstić information content (AvgIpc) is 2.55. The van der Waals surface area contributed by atoms with Crippen LogP contribution >= 0.6 is 0 Å². The Morgan fingerprint density at radius 1 is 1.20 bits per heavy atom. The Morgan fingerprint density at radius 3 is 2.44 bits per heavy atom. The second-order valence-electron chi connectivity index (χ2n) is 4.87. The SMILES string of the molecule is CN(CC(=O)Nc1ccc(OC(F)(F)F)cc1)C(=O)c1cnccn1. The van der Waals surface area contributed by atoms with E-state index in [1.54, 1.807) is 0 Å². The van der Waals surface area contributed by atoms with Crippen molar-refractivity contribution in [3.63, 3.8) is 0 Å². The number of benzene rings is 1. The molecule has 0 saturated heterocycles. The molecule has 2 amide bonds. The van der Waals surface area contributed by atoms with Gasteiger partial charge in [0.2, 0.25) is 5.91 Å². The van der Waals surface area contributed by atoms with Crippen LogP contribution in [0, 0.1) is 0 Å². The lowest BCUT2D eigenvalue weighted by molar-refractivity contribution is -0.274. The number of amides is 2. The highest BCUT2D eigenvalue weighted by Crippen LogP contribution is 2.23. The van der Waals surface area contributed by atoms with Crippen molar-refractivity contribution in [1.82, 2.24) is 14.9 Å². The number of hydrogen-bond acceptors (Lipinski definition) is 5. The third kappa shape index (κ3) is 5.75. The van der Waals surface area contributed by atoms with E-state index >= 15 is 0 Å². The van der Waals surface area contributed by atoms with E-state index in [-0.39, 0.29) is 17.9 Å². The van der Waals surface area contributed by atoms with Crippen molar-refractivity contribution in [2.45, 2.75) is 6.36 Å². The average molecular weight is 354 g/mol. The van der Waals surface area contributed by atoms with Crippen LogP contribution in [0.3, 0.4) is 0 Å². The number of aromatic nitrogens is 2. The van der Waals surface area contributed by atoms with Gasteiger partial charge in [-0.3, -0.25) is 14.6 Å². The molecule has 0 saturated carbocycles. The predicted molar refractivity (Wildman–Crippen MR) is 80.7 cm³/mol. The molecule has 1 aromatic carbocycles. The van der Waals surface area contributed by atoms with Gasteiger partial charge in [-0.25, -0.2) is 4.98 Å². The number of carbonyl (C=O) groups is 2. The molecule has 0 spiro atoms. The van der Waals surface area contributed by atoms with E-state index in [9.17, 15) is 22.8 Å². The van der Waals surface area contributed by atoms with Gasteiger partial charge in [0.1, 0.15) is 11.4 Å². The van der Waals surface area contributed by atoms with Gasteiger partial charge >= 0.3 is 6.36 Å². The number of nitrogens with one attached hydrogen (secondary N) is 1. The molecule has 7 nitrogen and oxygen atoms in total. The summed E-state index contributed by atoms with van der Waals surface area (Å²) in [6.07, 6.45) is -0.744. The Kier molecular flexibility index (Phi) is 5.52. The van der Waals surface area contributed by atoms with E-state index in [0.717, 1.165) is 17.0 Å². The summed E-state index contributed by atoms with van der Waals surface area (Å²) in [7, 11) is 1.41. The minimum atomic E-state index is -4.78. The van der Waals surface area contributed by atoms with Crippen LogP contribution < -0.4 is 10.1 Å². The fourth-order valence-corrected chi connectivity index (χ4v) is 1.83. The smallest absolute Gasteiger partial charge is 0.406 e. The summed E-state index contributed by atoms with van der Waals surface area (Å²) in [5.41, 5.74) is 0.353. The molecule has 1 aromatic heterocycles. The van der Waals surface area contributed by atoms with E-state index in [4.69, 9.17) is 0 Å². The summed E-state index contributed by atoms with van der Waals surface area (Å²) in [5.74, 6) is -1.41. The highest BCUT2D eigenvalue weighted by Gasteiger charge is 2.31. The predicted octanol–water partition coefficient (Wildman–Crippen LogP) is 2.09. The Morgan fingerprint density at radius 2 is 1.88 bits per heavy atom. The van der Waals surface area contributed by atoms with Crippen LogP contribution in [0.15, 0.2) is 42.9 Å². The first-order valence-electron chi connectivity index (χ1n) is 6.92. The molecule has 0 aliphatic carbocycles. The van der Waals surface area contributed by atoms with Crippen LogP contribution in [0.1, 0.15) is 10.5 Å². The van der Waals surface area contributed by atoms with Gasteiger partial charge in [-0.2, -0.15) is 0 Å². The molecule has 0 aliphatic rings. The first kappa shape index (κ1) is 18.2. The van der Waals surface area contributed by atoms with Crippen LogP contribution in [0.25, 0.3) is 0 Å². The molecule has 132 valence electrons. The first-order chi connectivity index (χ1) is 11.7. The number of likely N-dealkylation sites (N-methyl/N-ethyl adjacent to an activating group) is 1. The molecule has 2 aromatic rings. The number of ether oxygens (including phenoxy) is 1. The molecule has 1 heterocycles. The summed E-state index contributed by atoms with van der Waals surface area (Å²) in [6, 6.07) is 4.64. The van der Waals surface area contributed by atoms with Crippen LogP contribution in [-0.4, -0.2) is 46.6 Å². The van der Waals surface area contributed by atoms with Crippen molar-refractivity contribution in [3.05, 3.63) is 48.5 Å². The summed E-state index contributed by atoms with van der Waals surface area (Å²) in [6.45, 7) is -0.268. The maximum absolute atomic E-state index is 12.1. The number of hydrogen-bond donors (Lipinski definition) is 1. The second kappa shape index (κ2) is 7.60. The third-order valence-corrected chi connectivity index (χ3v) is 2.88. The fraction of sp³-hybridized carbons (Fsp3) is 0.200. The molecule has 0 bridgehead atoms. The Bertz CT molecular complexity index is 736. The van der Waals surface area contributed by atoms with Gasteiger partial charge in [0.25, 0.3) is 5.91 Å². The third-order valence-electron chi connectivity index (χ3n) is 2.88. The van der Waals surface area contributed by atoms with E-state index < -0.39 is 23.9 Å². The zero-order valence-corrected chi connectivity index (χ0v) is 12.9. The molecular weight excluding hydrogens is 341 g/mol. The van der Waals surface area contributed by atoms with E-state index in [2.05, 4.69) is 20.0 Å². The number of alkyl halides is 3. The summed E-state index contributed by atoms with van der Waals surface area (Å²) in [4.78, 5) is 32.7. The number of nitrogens with zero attached hydrogens (tertiary/aromatic N) is 3. The Labute approximate surface area is 140 Å². The topological polar surface area (TPSA) is 84.4 Å². The van der Waals surface area contributed by atoms with E-state index in [1.807, 2.05) is 0 Å². The minimum Gasteiger partial charge on any atom is -0.406 e. The van der Waals surface area contributed by atoms with Crippen molar-refractivity contribution in [1.29, 1.82) is 0 Å². The van der Waals surface area contributed by atoms with Gasteiger partial charge in [-0.15, -0.1) is 13.2 Å². The molecule has 0 atom stereocenters. The Hall–Kier alpha value is -3.17. The maximum Gasteiger partial charge on any atom is 0.573 e. The zero-order chi connectivity index (χ0) is 18.4. The van der Waals surface area contributed by atoms with Gasteiger partial charge in [-0.05, 0) is 24.3 Å². The molecule has 0 fully saturated rings. The maximum atomic E-state index is 12.1. The highest BCUT2D eigenvalue weighted by molar-refractivity contribution is 5.98. The summed E-state index contributed by atoms with van der Waals surface area (Å²) in [5, 5.41) is 2.46. The van der Waals surface area contributed by atoms with Gasteiger partial charge in [-0.1, -0.05) is 0 Å². The lowest BCUT2D eigenvalue weighted by Gasteiger charge is -2.16. The lowest BCUT2D eigenvalue weighted by Crippen LogP contribution is -2.35. The molecule has 25 heavy (non-hydrogen) atoms. The standard InChI is InChI=1S/C15H13F3N4O3/c1-22(14(24)12-8-19-6-7-20-12)9-13(23)21-10-2-4-11(5-3-10)25-15(16,17)18/h2-8H,9H2,1H3,(H,21,23). The number of carbonyl (C=O) groups excluding carboxylic acids is 2. The highest BCUT2D eigenvalue weighted by atomic mass is 19.4. The van der Waals surface area contributed by atoms with Crippen molar-refractivity contribution in [3.8, 4) is 5.75 Å². The van der Waals surface area contributed by atoms with Gasteiger partial charge < -0.3 is 15.0 Å². The fourth-order valence-electron chi connectivity index (χ4n) is 1.83. The monoisotopic (exact) mass is 354 g/mol. The number of halogens is 3. The summed E-state index contributed by atoms with van der Waals surface area (Å²) >= 11 is 0. The van der Waals surface area contributed by atoms with Crippen LogP contribution in [0.4, 0.5) is 18.9 Å². The molecule has 2 rings (SSSR count). The normalized spacial score (nSPS) is 10.9. The van der Waals surface area contributed by atoms with Crippen LogP contribution in [0.2, 0.25) is 0 Å². The second-order valence-corrected chi connectivity index (χ2v) is 4.87. The molecule has 0 radical (unpaired) electrons. The van der Waals surface area contributed by atoms with E-state index in [0.29, 0.717) is 0 Å². The summed E-state index contributed by atoms with van der Waals surface area (Å²) < 4.78 is 39.9. The molecule has 0 unspecified atom stereocenters. The molecular formula is C15H13F3N4O3. The molecule has 0 aliphatic heterocycles. The Balaban J connectivity index is 1.90. The first-order valence-corrected chi connectivity index (χ1v) is 6.92.